The summed E-state index contributed by atoms with van der Waals surface area (Å²) in [5, 5.41) is 6.89. The molecule has 0 N–H and O–H groups in total. The number of hydrogen-bond donors (Lipinski definition) is 0. The Morgan fingerprint density at radius 2 is 1.06 bits per heavy atom. The fourth-order valence-corrected chi connectivity index (χ4v) is 11.3. The van der Waals surface area contributed by atoms with Crippen molar-refractivity contribution >= 4 is 60.5 Å². The second-order valence-corrected chi connectivity index (χ2v) is 18.5. The normalized spacial score (nSPS) is 13.4. The van der Waals surface area contributed by atoms with E-state index in [1.165, 1.54) is 54.9 Å². The molecule has 13 rings (SSSR count). The monoisotopic (exact) mass is 823 g/mol. The van der Waals surface area contributed by atoms with Crippen LogP contribution in [0.5, 0.6) is 0 Å². The summed E-state index contributed by atoms with van der Waals surface area (Å²) in [6.45, 7) is 6.71. The fourth-order valence-electron chi connectivity index (χ4n) is 11.3. The summed E-state index contributed by atoms with van der Waals surface area (Å²) in [5.74, 6) is -0.282. The highest BCUT2D eigenvalue weighted by Gasteiger charge is 2.54. The van der Waals surface area contributed by atoms with Crippen molar-refractivity contribution in [2.75, 3.05) is 4.90 Å². The second-order valence-electron chi connectivity index (χ2n) is 18.5. The molecule has 0 saturated heterocycles. The van der Waals surface area contributed by atoms with Gasteiger partial charge in [-0.25, -0.2) is 4.39 Å². The Morgan fingerprint density at radius 1 is 0.469 bits per heavy atom. The van der Waals surface area contributed by atoms with E-state index in [0.29, 0.717) is 5.56 Å². The first-order valence-corrected chi connectivity index (χ1v) is 22.2. The molecule has 1 spiro atoms. The van der Waals surface area contributed by atoms with Crippen LogP contribution in [0.3, 0.4) is 0 Å². The van der Waals surface area contributed by atoms with Crippen molar-refractivity contribution in [3.05, 3.63) is 234 Å². The number of rotatable bonds is 4. The van der Waals surface area contributed by atoms with Crippen molar-refractivity contribution in [3.8, 4) is 33.4 Å². The molecule has 2 aliphatic carbocycles. The Labute approximate surface area is 371 Å². The molecule has 3 heteroatoms. The van der Waals surface area contributed by atoms with E-state index in [-0.39, 0.29) is 11.2 Å². The molecule has 2 aliphatic rings. The van der Waals surface area contributed by atoms with Gasteiger partial charge in [0.2, 0.25) is 0 Å². The average Bonchev–Trinajstić information content (AvgIpc) is 3.96. The SMILES string of the molecule is CC(C)(C)c1ccc(N(c2ccc(-c3ccccc3)c(F)c2)c2cc3c(c4oc5ccccc5c24)-c2ccccc2C32c3ccc4ccccc4c3-c3c2ccc2ccccc32)cc1. The van der Waals surface area contributed by atoms with Gasteiger partial charge in [0.25, 0.3) is 0 Å². The van der Waals surface area contributed by atoms with Crippen LogP contribution in [0, 0.1) is 5.82 Å². The van der Waals surface area contributed by atoms with Crippen LogP contribution < -0.4 is 4.90 Å². The lowest BCUT2D eigenvalue weighted by Gasteiger charge is -2.33. The topological polar surface area (TPSA) is 16.4 Å². The predicted octanol–water partition coefficient (Wildman–Crippen LogP) is 16.8. The Bertz CT molecular complexity index is 3640. The van der Waals surface area contributed by atoms with E-state index in [4.69, 9.17) is 4.42 Å². The Kier molecular flexibility index (Phi) is 7.71. The van der Waals surface area contributed by atoms with Gasteiger partial charge in [-0.05, 0) is 119 Å². The summed E-state index contributed by atoms with van der Waals surface area (Å²) < 4.78 is 24.0. The van der Waals surface area contributed by atoms with Crippen LogP contribution in [0.25, 0.3) is 76.9 Å². The van der Waals surface area contributed by atoms with Crippen molar-refractivity contribution in [2.24, 2.45) is 0 Å². The van der Waals surface area contributed by atoms with E-state index in [2.05, 4.69) is 177 Å². The Balaban J connectivity index is 1.19. The van der Waals surface area contributed by atoms with Gasteiger partial charge in [0.15, 0.2) is 0 Å². The van der Waals surface area contributed by atoms with E-state index in [9.17, 15) is 0 Å². The molecule has 0 bridgehead atoms. The van der Waals surface area contributed by atoms with Crippen molar-refractivity contribution in [1.29, 1.82) is 0 Å². The Morgan fingerprint density at radius 3 is 1.73 bits per heavy atom. The molecule has 0 fully saturated rings. The molecule has 0 saturated carbocycles. The van der Waals surface area contributed by atoms with Gasteiger partial charge in [0.1, 0.15) is 17.0 Å². The van der Waals surface area contributed by atoms with E-state index >= 15 is 4.39 Å². The van der Waals surface area contributed by atoms with Crippen LogP contribution >= 0.6 is 0 Å². The van der Waals surface area contributed by atoms with E-state index in [0.717, 1.165) is 61.3 Å². The van der Waals surface area contributed by atoms with Gasteiger partial charge in [-0.1, -0.05) is 178 Å². The lowest BCUT2D eigenvalue weighted by molar-refractivity contribution is 0.590. The van der Waals surface area contributed by atoms with E-state index in [1.807, 2.05) is 42.5 Å². The third-order valence-electron chi connectivity index (χ3n) is 14.1. The van der Waals surface area contributed by atoms with Crippen LogP contribution in [0.1, 0.15) is 48.6 Å². The van der Waals surface area contributed by atoms with E-state index < -0.39 is 5.41 Å². The summed E-state index contributed by atoms with van der Waals surface area (Å²) in [7, 11) is 0. The van der Waals surface area contributed by atoms with E-state index in [1.54, 1.807) is 6.07 Å². The van der Waals surface area contributed by atoms with Gasteiger partial charge in [-0.2, -0.15) is 0 Å². The predicted molar refractivity (Wildman–Crippen MR) is 264 cm³/mol. The number of furan rings is 1. The molecule has 2 nitrogen and oxygen atoms in total. The van der Waals surface area contributed by atoms with Gasteiger partial charge >= 0.3 is 0 Å². The van der Waals surface area contributed by atoms with Crippen LogP contribution in [0.4, 0.5) is 21.5 Å². The fraction of sp³-hybridized carbons (Fsp3) is 0.0820. The summed E-state index contributed by atoms with van der Waals surface area (Å²) in [5.41, 5.74) is 15.8. The lowest BCUT2D eigenvalue weighted by Crippen LogP contribution is -2.26. The number of para-hydroxylation sites is 1. The average molecular weight is 824 g/mol. The zero-order valence-corrected chi connectivity index (χ0v) is 35.8. The number of benzene rings is 10. The molecule has 0 radical (unpaired) electrons. The number of hydrogen-bond acceptors (Lipinski definition) is 2. The molecule has 1 heterocycles. The van der Waals surface area contributed by atoms with Crippen molar-refractivity contribution in [2.45, 2.75) is 31.6 Å². The van der Waals surface area contributed by atoms with Crippen LogP contribution in [0.2, 0.25) is 0 Å². The largest absolute Gasteiger partial charge is 0.455 e. The zero-order valence-electron chi connectivity index (χ0n) is 35.8. The van der Waals surface area contributed by atoms with Gasteiger partial charge in [-0.15, -0.1) is 0 Å². The molecule has 0 amide bonds. The highest BCUT2D eigenvalue weighted by Crippen LogP contribution is 2.67. The van der Waals surface area contributed by atoms with Gasteiger partial charge in [0, 0.05) is 27.9 Å². The van der Waals surface area contributed by atoms with Gasteiger partial charge in [0.05, 0.1) is 16.5 Å². The van der Waals surface area contributed by atoms with Crippen molar-refractivity contribution < 1.29 is 8.81 Å². The third kappa shape index (κ3) is 5.01. The third-order valence-corrected chi connectivity index (χ3v) is 14.1. The Hall–Kier alpha value is -7.75. The highest BCUT2D eigenvalue weighted by atomic mass is 19.1. The van der Waals surface area contributed by atoms with Gasteiger partial charge in [-0.3, -0.25) is 0 Å². The molecule has 1 aromatic heterocycles. The minimum Gasteiger partial charge on any atom is -0.455 e. The van der Waals surface area contributed by atoms with Crippen LogP contribution in [-0.4, -0.2) is 0 Å². The first-order valence-electron chi connectivity index (χ1n) is 22.2. The maximum Gasteiger partial charge on any atom is 0.145 e. The first-order chi connectivity index (χ1) is 31.3. The second kappa shape index (κ2) is 13.4. The summed E-state index contributed by atoms with van der Waals surface area (Å²) in [6.07, 6.45) is 0. The van der Waals surface area contributed by atoms with Crippen LogP contribution in [-0.2, 0) is 10.8 Å². The minimum atomic E-state index is -0.698. The number of fused-ring (bicyclic) bond motifs is 18. The minimum absolute atomic E-state index is 0.0514. The van der Waals surface area contributed by atoms with Crippen molar-refractivity contribution in [1.82, 2.24) is 0 Å². The molecule has 64 heavy (non-hydrogen) atoms. The first kappa shape index (κ1) is 36.9. The molecule has 10 aromatic carbocycles. The summed E-state index contributed by atoms with van der Waals surface area (Å²) >= 11 is 0. The quantitative estimate of drug-likeness (QED) is 0.176. The molecule has 11 aromatic rings. The smallest absolute Gasteiger partial charge is 0.145 e. The van der Waals surface area contributed by atoms with Crippen molar-refractivity contribution in [3.63, 3.8) is 0 Å². The molecule has 0 aliphatic heterocycles. The maximum absolute atomic E-state index is 16.8. The number of halogens is 1. The zero-order chi connectivity index (χ0) is 42.9. The molecule has 0 unspecified atom stereocenters. The molecular formula is C61H42FNO. The molecule has 304 valence electrons. The summed E-state index contributed by atoms with van der Waals surface area (Å²) in [4.78, 5) is 2.25. The lowest BCUT2D eigenvalue weighted by atomic mass is 9.70. The van der Waals surface area contributed by atoms with Gasteiger partial charge < -0.3 is 9.32 Å². The molecule has 0 atom stereocenters. The summed E-state index contributed by atoms with van der Waals surface area (Å²) in [6, 6.07) is 70.9. The number of nitrogens with zero attached hydrogens (tertiary/aromatic N) is 1. The maximum atomic E-state index is 16.8. The van der Waals surface area contributed by atoms with Crippen LogP contribution in [0.15, 0.2) is 205 Å². The number of anilines is 3. The highest BCUT2D eigenvalue weighted by molar-refractivity contribution is 6.21. The molecular weight excluding hydrogens is 782 g/mol. The standard InChI is InChI=1S/C61H42FNO/c1-60(2,3)40-27-29-41(30-28-40)63(42-31-32-43(52(62)35-42)37-15-5-4-6-16-37)53-36-51-57(59-58(53)47-22-12-14-24-54(47)64-59)46-21-11-13-23-48(46)61(51)49-33-25-38-17-7-9-19-44(38)55(49)56-45-20-10-8-18-39(45)26-34-50(56)61/h4-36H,1-3H3.